The van der Waals surface area contributed by atoms with Crippen LogP contribution in [0.15, 0.2) is 18.3 Å². The molecule has 2 rings (SSSR count). The van der Waals surface area contributed by atoms with E-state index in [1.54, 1.807) is 0 Å². The molecule has 4 heteroatoms. The number of carbonyl (C=O) groups is 1. The molecule has 1 fully saturated rings. The summed E-state index contributed by atoms with van der Waals surface area (Å²) < 4.78 is 18.4. The summed E-state index contributed by atoms with van der Waals surface area (Å²) in [5.41, 5.74) is -0.0376. The Bertz CT molecular complexity index is 361. The van der Waals surface area contributed by atoms with Gasteiger partial charge in [0.25, 0.3) is 0 Å². The molecule has 0 unspecified atom stereocenters. The first-order valence-electron chi connectivity index (χ1n) is 5.01. The number of Topliss-reactive ketones (excluding diaryl/α,β-unsaturated/α-hetero) is 1. The van der Waals surface area contributed by atoms with Crippen LogP contribution >= 0.6 is 0 Å². The highest BCUT2D eigenvalue weighted by atomic mass is 19.1. The number of halogens is 1. The van der Waals surface area contributed by atoms with E-state index in [1.165, 1.54) is 18.3 Å². The Morgan fingerprint density at radius 1 is 1.47 bits per heavy atom. The molecule has 0 radical (unpaired) electrons. The first-order valence-corrected chi connectivity index (χ1v) is 5.01. The summed E-state index contributed by atoms with van der Waals surface area (Å²) in [6.07, 6.45) is 2.76. The van der Waals surface area contributed by atoms with Crippen molar-refractivity contribution in [2.45, 2.75) is 12.8 Å². The fourth-order valence-corrected chi connectivity index (χ4v) is 1.72. The lowest BCUT2D eigenvalue weighted by Crippen LogP contribution is -2.24. The molecule has 0 bridgehead atoms. The summed E-state index contributed by atoms with van der Waals surface area (Å²) in [6.45, 7) is 1.15. The lowest BCUT2D eigenvalue weighted by atomic mass is 9.93. The Balaban J connectivity index is 2.16. The first-order chi connectivity index (χ1) is 7.29. The number of carbonyl (C=O) groups excluding carboxylic acids is 1. The largest absolute Gasteiger partial charge is 0.381 e. The second-order valence-electron chi connectivity index (χ2n) is 3.58. The fourth-order valence-electron chi connectivity index (χ4n) is 1.72. The van der Waals surface area contributed by atoms with E-state index in [9.17, 15) is 9.18 Å². The van der Waals surface area contributed by atoms with Crippen molar-refractivity contribution in [1.82, 2.24) is 4.98 Å². The van der Waals surface area contributed by atoms with Crippen LogP contribution in [0.1, 0.15) is 23.3 Å². The minimum absolute atomic E-state index is 0.0376. The van der Waals surface area contributed by atoms with Crippen molar-refractivity contribution in [2.75, 3.05) is 13.2 Å². The number of rotatable bonds is 2. The molecule has 0 saturated carbocycles. The number of aromatic nitrogens is 1. The molecular weight excluding hydrogens is 197 g/mol. The predicted octanol–water partition coefficient (Wildman–Crippen LogP) is 1.83. The van der Waals surface area contributed by atoms with E-state index in [1.807, 2.05) is 0 Å². The van der Waals surface area contributed by atoms with Crippen LogP contribution in [0.25, 0.3) is 0 Å². The molecule has 1 aliphatic heterocycles. The highest BCUT2D eigenvalue weighted by molar-refractivity contribution is 5.96. The van der Waals surface area contributed by atoms with Gasteiger partial charge in [-0.2, -0.15) is 0 Å². The summed E-state index contributed by atoms with van der Waals surface area (Å²) in [7, 11) is 0. The SMILES string of the molecule is O=C(c1ncccc1F)C1CCOCC1. The van der Waals surface area contributed by atoms with Crippen molar-refractivity contribution < 1.29 is 13.9 Å². The molecular formula is C11H12FNO2. The zero-order valence-electron chi connectivity index (χ0n) is 8.28. The van der Waals surface area contributed by atoms with Crippen LogP contribution in [0.4, 0.5) is 4.39 Å². The summed E-state index contributed by atoms with van der Waals surface area (Å²) in [6, 6.07) is 2.75. The molecule has 15 heavy (non-hydrogen) atoms. The Hall–Kier alpha value is -1.29. The van der Waals surface area contributed by atoms with Gasteiger partial charge in [0.1, 0.15) is 5.69 Å². The van der Waals surface area contributed by atoms with Crippen molar-refractivity contribution in [2.24, 2.45) is 5.92 Å². The summed E-state index contributed by atoms with van der Waals surface area (Å²) in [4.78, 5) is 15.7. The summed E-state index contributed by atoms with van der Waals surface area (Å²) in [5, 5.41) is 0. The molecule has 1 aromatic rings. The van der Waals surface area contributed by atoms with Gasteiger partial charge in [0.05, 0.1) is 0 Å². The smallest absolute Gasteiger partial charge is 0.187 e. The Morgan fingerprint density at radius 2 is 2.20 bits per heavy atom. The van der Waals surface area contributed by atoms with Crippen molar-refractivity contribution >= 4 is 5.78 Å². The molecule has 0 N–H and O–H groups in total. The van der Waals surface area contributed by atoms with Gasteiger partial charge in [0, 0.05) is 25.3 Å². The summed E-state index contributed by atoms with van der Waals surface area (Å²) >= 11 is 0. The van der Waals surface area contributed by atoms with Crippen LogP contribution in [0.2, 0.25) is 0 Å². The average Bonchev–Trinajstić information content (AvgIpc) is 2.30. The minimum Gasteiger partial charge on any atom is -0.381 e. The maximum absolute atomic E-state index is 13.3. The van der Waals surface area contributed by atoms with Crippen molar-refractivity contribution in [1.29, 1.82) is 0 Å². The standard InChI is InChI=1S/C11H12FNO2/c12-9-2-1-5-13-10(9)11(14)8-3-6-15-7-4-8/h1-2,5,8H,3-4,6-7H2. The van der Waals surface area contributed by atoms with Gasteiger partial charge in [-0.3, -0.25) is 9.78 Å². The van der Waals surface area contributed by atoms with Crippen LogP contribution in [0, 0.1) is 11.7 Å². The molecule has 0 amide bonds. The van der Waals surface area contributed by atoms with Crippen LogP contribution < -0.4 is 0 Å². The van der Waals surface area contributed by atoms with E-state index in [0.29, 0.717) is 26.1 Å². The average molecular weight is 209 g/mol. The Labute approximate surface area is 87.3 Å². The number of hydrogen-bond acceptors (Lipinski definition) is 3. The third kappa shape index (κ3) is 2.21. The molecule has 80 valence electrons. The fraction of sp³-hybridized carbons (Fsp3) is 0.455. The van der Waals surface area contributed by atoms with Crippen molar-refractivity contribution in [3.8, 4) is 0 Å². The van der Waals surface area contributed by atoms with E-state index >= 15 is 0 Å². The van der Waals surface area contributed by atoms with Crippen molar-refractivity contribution in [3.63, 3.8) is 0 Å². The van der Waals surface area contributed by atoms with E-state index < -0.39 is 5.82 Å². The molecule has 0 aliphatic carbocycles. The second-order valence-corrected chi connectivity index (χ2v) is 3.58. The van der Waals surface area contributed by atoms with E-state index in [4.69, 9.17) is 4.74 Å². The topological polar surface area (TPSA) is 39.2 Å². The van der Waals surface area contributed by atoms with Gasteiger partial charge in [0.15, 0.2) is 11.6 Å². The minimum atomic E-state index is -0.533. The third-order valence-electron chi connectivity index (χ3n) is 2.58. The maximum atomic E-state index is 13.3. The number of pyridine rings is 1. The van der Waals surface area contributed by atoms with E-state index in [0.717, 1.165) is 0 Å². The van der Waals surface area contributed by atoms with Gasteiger partial charge < -0.3 is 4.74 Å². The van der Waals surface area contributed by atoms with Gasteiger partial charge in [-0.15, -0.1) is 0 Å². The molecule has 1 aliphatic rings. The second kappa shape index (κ2) is 4.49. The molecule has 0 atom stereocenters. The van der Waals surface area contributed by atoms with Gasteiger partial charge in [0.2, 0.25) is 0 Å². The quantitative estimate of drug-likeness (QED) is 0.697. The number of hydrogen-bond donors (Lipinski definition) is 0. The lowest BCUT2D eigenvalue weighted by molar-refractivity contribution is 0.0538. The van der Waals surface area contributed by atoms with Crippen LogP contribution in [-0.2, 0) is 4.74 Å². The molecule has 1 saturated heterocycles. The molecule has 3 nitrogen and oxygen atoms in total. The van der Waals surface area contributed by atoms with E-state index in [-0.39, 0.29) is 17.4 Å². The predicted molar refractivity (Wildman–Crippen MR) is 52.1 cm³/mol. The summed E-state index contributed by atoms with van der Waals surface area (Å²) in [5.74, 6) is -0.867. The Morgan fingerprint density at radius 3 is 2.87 bits per heavy atom. The van der Waals surface area contributed by atoms with Gasteiger partial charge in [-0.1, -0.05) is 0 Å². The van der Waals surface area contributed by atoms with Crippen molar-refractivity contribution in [3.05, 3.63) is 29.8 Å². The monoisotopic (exact) mass is 209 g/mol. The first kappa shape index (κ1) is 10.2. The molecule has 0 spiro atoms. The molecule has 2 heterocycles. The van der Waals surface area contributed by atoms with Crippen LogP contribution in [-0.4, -0.2) is 24.0 Å². The van der Waals surface area contributed by atoms with Gasteiger partial charge in [-0.25, -0.2) is 4.39 Å². The highest BCUT2D eigenvalue weighted by Gasteiger charge is 2.25. The lowest BCUT2D eigenvalue weighted by Gasteiger charge is -2.20. The van der Waals surface area contributed by atoms with E-state index in [2.05, 4.69) is 4.98 Å². The zero-order chi connectivity index (χ0) is 10.7. The van der Waals surface area contributed by atoms with Crippen LogP contribution in [0.5, 0.6) is 0 Å². The van der Waals surface area contributed by atoms with Gasteiger partial charge >= 0.3 is 0 Å². The molecule has 1 aromatic heterocycles. The zero-order valence-corrected chi connectivity index (χ0v) is 8.28. The number of ketones is 1. The normalized spacial score (nSPS) is 17.7. The molecule has 0 aromatic carbocycles. The third-order valence-corrected chi connectivity index (χ3v) is 2.58. The number of ether oxygens (including phenoxy) is 1. The van der Waals surface area contributed by atoms with Crippen LogP contribution in [0.3, 0.4) is 0 Å². The maximum Gasteiger partial charge on any atom is 0.187 e. The number of nitrogens with zero attached hydrogens (tertiary/aromatic N) is 1. The Kier molecular flexibility index (Phi) is 3.06. The highest BCUT2D eigenvalue weighted by Crippen LogP contribution is 2.20. The van der Waals surface area contributed by atoms with Gasteiger partial charge in [-0.05, 0) is 25.0 Å².